The average Bonchev–Trinajstić information content (AvgIpc) is 3.05. The SMILES string of the molecule is CCn1c(=O)n(CC(=O)N2CCC(NC(=O)c3ccccc3)CC2)c2ccccc21. The number of hydrogen-bond donors (Lipinski definition) is 1. The maximum absolute atomic E-state index is 12.9. The van der Waals surface area contributed by atoms with E-state index in [0.29, 0.717) is 38.0 Å². The average molecular weight is 406 g/mol. The molecule has 4 rings (SSSR count). The van der Waals surface area contributed by atoms with Crippen molar-refractivity contribution in [3.8, 4) is 0 Å². The van der Waals surface area contributed by atoms with Gasteiger partial charge in [-0.15, -0.1) is 0 Å². The molecule has 0 radical (unpaired) electrons. The van der Waals surface area contributed by atoms with Gasteiger partial charge in [-0.3, -0.25) is 18.7 Å². The minimum atomic E-state index is -0.155. The molecule has 0 aliphatic carbocycles. The summed E-state index contributed by atoms with van der Waals surface area (Å²) in [5, 5.41) is 3.05. The lowest BCUT2D eigenvalue weighted by Crippen LogP contribution is -2.47. The van der Waals surface area contributed by atoms with Crippen molar-refractivity contribution in [1.29, 1.82) is 0 Å². The monoisotopic (exact) mass is 406 g/mol. The van der Waals surface area contributed by atoms with Crippen LogP contribution in [0.25, 0.3) is 11.0 Å². The zero-order chi connectivity index (χ0) is 21.1. The standard InChI is InChI=1S/C23H26N4O3/c1-2-26-19-10-6-7-11-20(19)27(23(26)30)16-21(28)25-14-12-18(13-15-25)24-22(29)17-8-4-3-5-9-17/h3-11,18H,2,12-16H2,1H3,(H,24,29). The third-order valence-electron chi connectivity index (χ3n) is 5.75. The summed E-state index contributed by atoms with van der Waals surface area (Å²) in [6.45, 7) is 3.66. The van der Waals surface area contributed by atoms with Crippen LogP contribution in [0.2, 0.25) is 0 Å². The van der Waals surface area contributed by atoms with Gasteiger partial charge in [0, 0.05) is 31.2 Å². The Balaban J connectivity index is 1.39. The fraction of sp³-hybridized carbons (Fsp3) is 0.348. The highest BCUT2D eigenvalue weighted by Gasteiger charge is 2.25. The van der Waals surface area contributed by atoms with Crippen molar-refractivity contribution in [2.75, 3.05) is 13.1 Å². The maximum atomic E-state index is 12.9. The Hall–Kier alpha value is -3.35. The van der Waals surface area contributed by atoms with Gasteiger partial charge < -0.3 is 10.2 Å². The molecule has 1 aromatic heterocycles. The van der Waals surface area contributed by atoms with Crippen LogP contribution in [0.5, 0.6) is 0 Å². The predicted octanol–water partition coefficient (Wildman–Crippen LogP) is 2.24. The number of amides is 2. The van der Waals surface area contributed by atoms with E-state index in [2.05, 4.69) is 5.32 Å². The van der Waals surface area contributed by atoms with Gasteiger partial charge in [0.25, 0.3) is 5.91 Å². The highest BCUT2D eigenvalue weighted by Crippen LogP contribution is 2.15. The fourth-order valence-corrected chi connectivity index (χ4v) is 4.10. The Labute approximate surface area is 174 Å². The summed E-state index contributed by atoms with van der Waals surface area (Å²) >= 11 is 0. The molecule has 0 bridgehead atoms. The van der Waals surface area contributed by atoms with Gasteiger partial charge in [-0.05, 0) is 44.0 Å². The van der Waals surface area contributed by atoms with Crippen LogP contribution >= 0.6 is 0 Å². The predicted molar refractivity (Wildman–Crippen MR) is 115 cm³/mol. The van der Waals surface area contributed by atoms with E-state index in [4.69, 9.17) is 0 Å². The zero-order valence-corrected chi connectivity index (χ0v) is 17.1. The smallest absolute Gasteiger partial charge is 0.329 e. The largest absolute Gasteiger partial charge is 0.349 e. The lowest BCUT2D eigenvalue weighted by molar-refractivity contribution is -0.132. The number of fused-ring (bicyclic) bond motifs is 1. The van der Waals surface area contributed by atoms with E-state index in [1.807, 2.05) is 49.4 Å². The molecule has 1 N–H and O–H groups in total. The molecule has 3 aromatic rings. The van der Waals surface area contributed by atoms with Gasteiger partial charge in [0.2, 0.25) is 5.91 Å². The molecule has 7 nitrogen and oxygen atoms in total. The highest BCUT2D eigenvalue weighted by molar-refractivity contribution is 5.94. The molecule has 156 valence electrons. The molecule has 2 heterocycles. The second-order valence-corrected chi connectivity index (χ2v) is 7.60. The molecule has 0 saturated carbocycles. The molecule has 7 heteroatoms. The Bertz CT molecular complexity index is 1110. The van der Waals surface area contributed by atoms with Crippen LogP contribution in [-0.2, 0) is 17.9 Å². The molecule has 0 atom stereocenters. The van der Waals surface area contributed by atoms with Crippen LogP contribution in [0.15, 0.2) is 59.4 Å². The lowest BCUT2D eigenvalue weighted by atomic mass is 10.0. The van der Waals surface area contributed by atoms with Crippen molar-refractivity contribution in [1.82, 2.24) is 19.4 Å². The topological polar surface area (TPSA) is 76.3 Å². The molecular weight excluding hydrogens is 380 g/mol. The third kappa shape index (κ3) is 3.87. The number of rotatable bonds is 5. The number of piperidine rings is 1. The van der Waals surface area contributed by atoms with E-state index in [9.17, 15) is 14.4 Å². The molecule has 0 unspecified atom stereocenters. The summed E-state index contributed by atoms with van der Waals surface area (Å²) in [4.78, 5) is 39.8. The number of nitrogens with one attached hydrogen (secondary N) is 1. The van der Waals surface area contributed by atoms with Gasteiger partial charge in [-0.2, -0.15) is 0 Å². The highest BCUT2D eigenvalue weighted by atomic mass is 16.2. The van der Waals surface area contributed by atoms with Crippen molar-refractivity contribution in [2.24, 2.45) is 0 Å². The quantitative estimate of drug-likeness (QED) is 0.706. The van der Waals surface area contributed by atoms with Crippen LogP contribution in [0.3, 0.4) is 0 Å². The third-order valence-corrected chi connectivity index (χ3v) is 5.75. The summed E-state index contributed by atoms with van der Waals surface area (Å²) in [5.74, 6) is -0.150. The minimum Gasteiger partial charge on any atom is -0.349 e. The van der Waals surface area contributed by atoms with Gasteiger partial charge in [-0.1, -0.05) is 30.3 Å². The van der Waals surface area contributed by atoms with Gasteiger partial charge >= 0.3 is 5.69 Å². The van der Waals surface area contributed by atoms with Gasteiger partial charge in [0.15, 0.2) is 0 Å². The van der Waals surface area contributed by atoms with Crippen LogP contribution < -0.4 is 11.0 Å². The van der Waals surface area contributed by atoms with E-state index in [1.165, 1.54) is 0 Å². The van der Waals surface area contributed by atoms with E-state index in [0.717, 1.165) is 11.0 Å². The summed E-state index contributed by atoms with van der Waals surface area (Å²) in [7, 11) is 0. The van der Waals surface area contributed by atoms with Crippen molar-refractivity contribution in [3.63, 3.8) is 0 Å². The Kier molecular flexibility index (Phi) is 5.70. The van der Waals surface area contributed by atoms with Crippen molar-refractivity contribution in [2.45, 2.75) is 38.9 Å². The van der Waals surface area contributed by atoms with Gasteiger partial charge in [-0.25, -0.2) is 4.79 Å². The molecule has 1 aliphatic heterocycles. The van der Waals surface area contributed by atoms with E-state index < -0.39 is 0 Å². The summed E-state index contributed by atoms with van der Waals surface area (Å²) in [5.41, 5.74) is 2.11. The second kappa shape index (κ2) is 8.57. The first-order valence-electron chi connectivity index (χ1n) is 10.4. The van der Waals surface area contributed by atoms with E-state index in [-0.39, 0.29) is 30.1 Å². The van der Waals surface area contributed by atoms with Crippen LogP contribution in [0.4, 0.5) is 0 Å². The summed E-state index contributed by atoms with van der Waals surface area (Å²) in [6, 6.07) is 16.7. The Morgan fingerprint density at radius 3 is 2.17 bits per heavy atom. The zero-order valence-electron chi connectivity index (χ0n) is 17.1. The number of likely N-dealkylation sites (tertiary alicyclic amines) is 1. The number of hydrogen-bond acceptors (Lipinski definition) is 3. The Morgan fingerprint density at radius 2 is 1.53 bits per heavy atom. The summed E-state index contributed by atoms with van der Waals surface area (Å²) < 4.78 is 3.25. The number of carbonyl (C=O) groups is 2. The minimum absolute atomic E-state index is 0.0351. The molecule has 1 aliphatic rings. The molecule has 0 spiro atoms. The molecule has 1 saturated heterocycles. The first-order valence-corrected chi connectivity index (χ1v) is 10.4. The Morgan fingerprint density at radius 1 is 0.933 bits per heavy atom. The number of imidazole rings is 1. The molecular formula is C23H26N4O3. The fourth-order valence-electron chi connectivity index (χ4n) is 4.10. The van der Waals surface area contributed by atoms with Crippen molar-refractivity contribution in [3.05, 3.63) is 70.6 Å². The van der Waals surface area contributed by atoms with E-state index in [1.54, 1.807) is 26.2 Å². The molecule has 2 amide bonds. The van der Waals surface area contributed by atoms with Crippen LogP contribution in [0.1, 0.15) is 30.1 Å². The van der Waals surface area contributed by atoms with Crippen molar-refractivity contribution >= 4 is 22.8 Å². The first-order chi connectivity index (χ1) is 14.6. The normalized spacial score (nSPS) is 14.8. The first kappa shape index (κ1) is 19.9. The second-order valence-electron chi connectivity index (χ2n) is 7.60. The molecule has 30 heavy (non-hydrogen) atoms. The van der Waals surface area contributed by atoms with Gasteiger partial charge in [0.05, 0.1) is 11.0 Å². The van der Waals surface area contributed by atoms with Crippen LogP contribution in [-0.4, -0.2) is 45.0 Å². The van der Waals surface area contributed by atoms with Crippen molar-refractivity contribution < 1.29 is 9.59 Å². The molecule has 2 aromatic carbocycles. The number of para-hydroxylation sites is 2. The maximum Gasteiger partial charge on any atom is 0.329 e. The number of aryl methyl sites for hydroxylation is 1. The van der Waals surface area contributed by atoms with Crippen LogP contribution in [0, 0.1) is 0 Å². The number of carbonyl (C=O) groups excluding carboxylic acids is 2. The lowest BCUT2D eigenvalue weighted by Gasteiger charge is -2.32. The van der Waals surface area contributed by atoms with E-state index >= 15 is 0 Å². The number of benzene rings is 2. The number of aromatic nitrogens is 2. The van der Waals surface area contributed by atoms with Gasteiger partial charge in [0.1, 0.15) is 6.54 Å². The number of nitrogens with zero attached hydrogens (tertiary/aromatic N) is 3. The summed E-state index contributed by atoms with van der Waals surface area (Å²) in [6.07, 6.45) is 1.41. The molecule has 1 fully saturated rings.